The minimum atomic E-state index is 0.410. The average Bonchev–Trinajstić information content (AvgIpc) is 2.25. The molecule has 1 aromatic carbocycles. The number of rotatable bonds is 5. The van der Waals surface area contributed by atoms with Crippen LogP contribution in [0, 0.1) is 0 Å². The molecule has 0 radical (unpaired) electrons. The molecule has 1 nitrogen and oxygen atoms in total. The van der Waals surface area contributed by atoms with E-state index in [1.54, 1.807) is 0 Å². The molecule has 1 aliphatic rings. The molecule has 0 aromatic heterocycles. The Morgan fingerprint density at radius 1 is 1.38 bits per heavy atom. The van der Waals surface area contributed by atoms with Gasteiger partial charge in [-0.25, -0.2) is 0 Å². The van der Waals surface area contributed by atoms with Crippen molar-refractivity contribution in [2.75, 3.05) is 7.05 Å². The zero-order chi connectivity index (χ0) is 11.4. The van der Waals surface area contributed by atoms with Gasteiger partial charge in [0.25, 0.3) is 0 Å². The molecule has 0 heterocycles. The summed E-state index contributed by atoms with van der Waals surface area (Å²) in [5.74, 6) is 0.835. The maximum atomic E-state index is 3.80. The fourth-order valence-electron chi connectivity index (χ4n) is 2.33. The monoisotopic (exact) mass is 215 g/mol. The quantitative estimate of drug-likeness (QED) is 0.737. The summed E-state index contributed by atoms with van der Waals surface area (Å²) < 4.78 is 0. The van der Waals surface area contributed by atoms with Crippen LogP contribution in [0.4, 0.5) is 0 Å². The van der Waals surface area contributed by atoms with Crippen LogP contribution in [-0.2, 0) is 0 Å². The van der Waals surface area contributed by atoms with E-state index >= 15 is 0 Å². The van der Waals surface area contributed by atoms with Crippen molar-refractivity contribution >= 4 is 0 Å². The third kappa shape index (κ3) is 2.35. The van der Waals surface area contributed by atoms with E-state index in [1.807, 2.05) is 13.1 Å². The van der Waals surface area contributed by atoms with Gasteiger partial charge in [0.2, 0.25) is 0 Å². The minimum absolute atomic E-state index is 0.410. The normalized spacial score (nSPS) is 17.8. The summed E-state index contributed by atoms with van der Waals surface area (Å²) in [7, 11) is 2.01. The van der Waals surface area contributed by atoms with Crippen molar-refractivity contribution in [3.8, 4) is 0 Å². The van der Waals surface area contributed by atoms with Crippen LogP contribution in [0.3, 0.4) is 0 Å². The molecule has 16 heavy (non-hydrogen) atoms. The third-order valence-electron chi connectivity index (χ3n) is 3.67. The van der Waals surface area contributed by atoms with Gasteiger partial charge in [0, 0.05) is 6.04 Å². The highest BCUT2D eigenvalue weighted by Gasteiger charge is 2.19. The predicted molar refractivity (Wildman–Crippen MR) is 69.6 cm³/mol. The van der Waals surface area contributed by atoms with Gasteiger partial charge >= 0.3 is 0 Å². The van der Waals surface area contributed by atoms with Crippen molar-refractivity contribution < 1.29 is 0 Å². The fourth-order valence-corrected chi connectivity index (χ4v) is 2.33. The van der Waals surface area contributed by atoms with Crippen LogP contribution in [0.25, 0.3) is 0 Å². The molecule has 1 saturated carbocycles. The van der Waals surface area contributed by atoms with Crippen LogP contribution < -0.4 is 5.32 Å². The largest absolute Gasteiger partial charge is 0.313 e. The summed E-state index contributed by atoms with van der Waals surface area (Å²) in [4.78, 5) is 0. The average molecular weight is 215 g/mol. The number of nitrogens with one attached hydrogen (secondary N) is 1. The van der Waals surface area contributed by atoms with Crippen molar-refractivity contribution in [3.05, 3.63) is 48.0 Å². The molecule has 1 aliphatic carbocycles. The molecular weight excluding hydrogens is 194 g/mol. The van der Waals surface area contributed by atoms with Gasteiger partial charge in [-0.1, -0.05) is 36.8 Å². The van der Waals surface area contributed by atoms with Gasteiger partial charge in [-0.15, -0.1) is 6.58 Å². The second kappa shape index (κ2) is 5.31. The summed E-state index contributed by atoms with van der Waals surface area (Å²) in [6.45, 7) is 3.80. The lowest BCUT2D eigenvalue weighted by molar-refractivity contribution is 0.419. The zero-order valence-corrected chi connectivity index (χ0v) is 10.1. The molecule has 1 fully saturated rings. The summed E-state index contributed by atoms with van der Waals surface area (Å²) >= 11 is 0. The predicted octanol–water partition coefficient (Wildman–Crippen LogP) is 3.79. The van der Waals surface area contributed by atoms with Crippen molar-refractivity contribution in [2.24, 2.45) is 0 Å². The highest BCUT2D eigenvalue weighted by atomic mass is 14.9. The second-order valence-corrected chi connectivity index (χ2v) is 4.66. The van der Waals surface area contributed by atoms with Crippen LogP contribution in [-0.4, -0.2) is 7.05 Å². The molecule has 2 rings (SSSR count). The summed E-state index contributed by atoms with van der Waals surface area (Å²) in [5.41, 5.74) is 2.88. The summed E-state index contributed by atoms with van der Waals surface area (Å²) in [5, 5.41) is 3.32. The van der Waals surface area contributed by atoms with Gasteiger partial charge in [-0.3, -0.25) is 0 Å². The Hall–Kier alpha value is -1.08. The molecule has 0 aliphatic heterocycles. The Bertz CT molecular complexity index is 335. The lowest BCUT2D eigenvalue weighted by Gasteiger charge is -2.26. The number of hydrogen-bond donors (Lipinski definition) is 1. The number of hydrogen-bond acceptors (Lipinski definition) is 1. The molecule has 0 amide bonds. The first-order valence-corrected chi connectivity index (χ1v) is 6.23. The number of benzene rings is 1. The van der Waals surface area contributed by atoms with Crippen LogP contribution in [0.2, 0.25) is 0 Å². The van der Waals surface area contributed by atoms with Gasteiger partial charge in [0.15, 0.2) is 0 Å². The Kier molecular flexibility index (Phi) is 3.79. The Morgan fingerprint density at radius 2 is 2.06 bits per heavy atom. The van der Waals surface area contributed by atoms with E-state index in [9.17, 15) is 0 Å². The van der Waals surface area contributed by atoms with Gasteiger partial charge < -0.3 is 5.32 Å². The molecular formula is C15H21N. The zero-order valence-electron chi connectivity index (χ0n) is 10.1. The summed E-state index contributed by atoms with van der Waals surface area (Å²) in [6, 6.07) is 9.53. The van der Waals surface area contributed by atoms with E-state index in [4.69, 9.17) is 0 Å². The maximum Gasteiger partial charge on any atom is 0.0352 e. The second-order valence-electron chi connectivity index (χ2n) is 4.66. The molecule has 1 atom stereocenters. The molecule has 0 saturated heterocycles. The van der Waals surface area contributed by atoms with Gasteiger partial charge in [-0.05, 0) is 43.4 Å². The van der Waals surface area contributed by atoms with E-state index in [-0.39, 0.29) is 0 Å². The highest BCUT2D eigenvalue weighted by Crippen LogP contribution is 2.36. The summed E-state index contributed by atoms with van der Waals surface area (Å²) in [6.07, 6.45) is 7.12. The van der Waals surface area contributed by atoms with Gasteiger partial charge in [-0.2, -0.15) is 0 Å². The Morgan fingerprint density at radius 3 is 2.50 bits per heavy atom. The Labute approximate surface area is 98.6 Å². The van der Waals surface area contributed by atoms with Crippen molar-refractivity contribution in [1.29, 1.82) is 0 Å². The first-order chi connectivity index (χ1) is 7.85. The molecule has 0 spiro atoms. The topological polar surface area (TPSA) is 12.0 Å². The molecule has 1 aromatic rings. The molecule has 1 heteroatoms. The van der Waals surface area contributed by atoms with E-state index in [0.29, 0.717) is 6.04 Å². The van der Waals surface area contributed by atoms with Crippen molar-refractivity contribution in [1.82, 2.24) is 5.32 Å². The van der Waals surface area contributed by atoms with Gasteiger partial charge in [0.1, 0.15) is 0 Å². The molecule has 1 unspecified atom stereocenters. The van der Waals surface area contributed by atoms with Crippen molar-refractivity contribution in [2.45, 2.75) is 37.6 Å². The lowest BCUT2D eigenvalue weighted by atomic mass is 9.80. The molecule has 1 N–H and O–H groups in total. The standard InChI is InChI=1S/C15H21N/c1-3-5-15(16-2)14-10-8-13(9-11-14)12-6-4-7-12/h3,8-12,15-16H,1,4-7H2,2H3. The van der Waals surface area contributed by atoms with Crippen LogP contribution in [0.5, 0.6) is 0 Å². The van der Waals surface area contributed by atoms with Crippen LogP contribution in [0.1, 0.15) is 48.8 Å². The maximum absolute atomic E-state index is 3.80. The molecule has 0 bridgehead atoms. The van der Waals surface area contributed by atoms with Crippen molar-refractivity contribution in [3.63, 3.8) is 0 Å². The smallest absolute Gasteiger partial charge is 0.0352 e. The van der Waals surface area contributed by atoms with E-state index in [0.717, 1.165) is 12.3 Å². The SMILES string of the molecule is C=CCC(NC)c1ccc(C2CCC2)cc1. The van der Waals surface area contributed by atoms with E-state index in [2.05, 4.69) is 36.2 Å². The third-order valence-corrected chi connectivity index (χ3v) is 3.67. The highest BCUT2D eigenvalue weighted by molar-refractivity contribution is 5.28. The molecule has 86 valence electrons. The lowest BCUT2D eigenvalue weighted by Crippen LogP contribution is -2.15. The first-order valence-electron chi connectivity index (χ1n) is 6.23. The first kappa shape index (κ1) is 11.4. The van der Waals surface area contributed by atoms with Gasteiger partial charge in [0.05, 0.1) is 0 Å². The Balaban J connectivity index is 2.07. The van der Waals surface area contributed by atoms with E-state index in [1.165, 1.54) is 30.4 Å². The van der Waals surface area contributed by atoms with Crippen LogP contribution in [0.15, 0.2) is 36.9 Å². The van der Waals surface area contributed by atoms with E-state index < -0.39 is 0 Å². The fraction of sp³-hybridized carbons (Fsp3) is 0.467. The minimum Gasteiger partial charge on any atom is -0.313 e. The van der Waals surface area contributed by atoms with Crippen LogP contribution >= 0.6 is 0 Å².